The summed E-state index contributed by atoms with van der Waals surface area (Å²) in [6, 6.07) is 14.9. The summed E-state index contributed by atoms with van der Waals surface area (Å²) in [5.41, 5.74) is -0.873. The number of halogens is 4. The third kappa shape index (κ3) is 5.21. The van der Waals surface area contributed by atoms with Gasteiger partial charge in [-0.25, -0.2) is 4.79 Å². The highest BCUT2D eigenvalue weighted by molar-refractivity contribution is 7.92. The molecule has 168 valence electrons. The second-order valence-corrected chi connectivity index (χ2v) is 8.64. The molecule has 0 atom stereocenters. The maximum Gasteiger partial charge on any atom is 0.416 e. The molecule has 0 aromatic heterocycles. The van der Waals surface area contributed by atoms with E-state index in [0.717, 1.165) is 30.3 Å². The van der Waals surface area contributed by atoms with E-state index in [1.165, 1.54) is 24.3 Å². The van der Waals surface area contributed by atoms with Crippen molar-refractivity contribution >= 4 is 33.3 Å². The number of carboxylic acid groups (broad SMARTS) is 1. The fourth-order valence-corrected chi connectivity index (χ4v) is 4.17. The molecule has 3 rings (SSSR count). The molecule has 0 radical (unpaired) electrons. The first-order valence-electron chi connectivity index (χ1n) is 8.92. The first-order valence-corrected chi connectivity index (χ1v) is 10.7. The number of benzene rings is 3. The van der Waals surface area contributed by atoms with Crippen molar-refractivity contribution in [3.05, 3.63) is 94.5 Å². The van der Waals surface area contributed by atoms with Crippen LogP contribution in [0.25, 0.3) is 0 Å². The number of aromatic carboxylic acids is 1. The Labute approximate surface area is 186 Å². The zero-order chi connectivity index (χ0) is 23.5. The lowest BCUT2D eigenvalue weighted by atomic mass is 10.1. The molecule has 0 amide bonds. The van der Waals surface area contributed by atoms with Gasteiger partial charge in [-0.1, -0.05) is 41.9 Å². The summed E-state index contributed by atoms with van der Waals surface area (Å²) in [5, 5.41) is 9.09. The molecule has 0 aliphatic rings. The minimum Gasteiger partial charge on any atom is -0.478 e. The summed E-state index contributed by atoms with van der Waals surface area (Å²) in [7, 11) is -4.42. The monoisotopic (exact) mass is 485 g/mol. The van der Waals surface area contributed by atoms with E-state index in [0.29, 0.717) is 4.47 Å². The summed E-state index contributed by atoms with van der Waals surface area (Å²) < 4.78 is 65.3. The van der Waals surface area contributed by atoms with Crippen molar-refractivity contribution in [3.63, 3.8) is 0 Å². The van der Waals surface area contributed by atoms with E-state index in [-0.39, 0.29) is 22.9 Å². The molecule has 3 aromatic carbocycles. The normalized spacial score (nSPS) is 11.9. The molecule has 32 heavy (non-hydrogen) atoms. The lowest BCUT2D eigenvalue weighted by molar-refractivity contribution is -0.137. The zero-order valence-corrected chi connectivity index (χ0v) is 17.7. The maximum atomic E-state index is 13.2. The van der Waals surface area contributed by atoms with Crippen molar-refractivity contribution < 1.29 is 36.3 Å². The number of sulfonamides is 1. The van der Waals surface area contributed by atoms with Gasteiger partial charge in [-0.3, -0.25) is 4.84 Å². The van der Waals surface area contributed by atoms with Gasteiger partial charge in [0.1, 0.15) is 6.61 Å². The van der Waals surface area contributed by atoms with E-state index in [1.54, 1.807) is 18.2 Å². The quantitative estimate of drug-likeness (QED) is 0.454. The Morgan fingerprint density at radius 2 is 1.62 bits per heavy atom. The predicted molar refractivity (Wildman–Crippen MR) is 111 cm³/mol. The average Bonchev–Trinajstić information content (AvgIpc) is 2.74. The van der Waals surface area contributed by atoms with E-state index in [4.69, 9.17) is 16.4 Å². The molecule has 0 unspecified atom stereocenters. The van der Waals surface area contributed by atoms with Gasteiger partial charge in [-0.05, 0) is 48.0 Å². The number of hydrogen-bond donors (Lipinski definition) is 1. The highest BCUT2D eigenvalue weighted by atomic mass is 35.5. The maximum absolute atomic E-state index is 13.2. The van der Waals surface area contributed by atoms with Crippen molar-refractivity contribution in [2.24, 2.45) is 0 Å². The van der Waals surface area contributed by atoms with Crippen LogP contribution in [0.3, 0.4) is 0 Å². The number of carbonyl (C=O) groups is 1. The van der Waals surface area contributed by atoms with Crippen LogP contribution in [0.5, 0.6) is 0 Å². The van der Waals surface area contributed by atoms with Gasteiger partial charge in [0.2, 0.25) is 0 Å². The lowest BCUT2D eigenvalue weighted by Crippen LogP contribution is -2.31. The van der Waals surface area contributed by atoms with Crippen LogP contribution in [-0.4, -0.2) is 19.5 Å². The Balaban J connectivity index is 1.95. The smallest absolute Gasteiger partial charge is 0.416 e. The number of rotatable bonds is 7. The predicted octanol–water partition coefficient (Wildman–Crippen LogP) is 5.38. The molecule has 0 fully saturated rings. The number of hydrogen-bond acceptors (Lipinski definition) is 4. The van der Waals surface area contributed by atoms with E-state index in [2.05, 4.69) is 0 Å². The summed E-state index contributed by atoms with van der Waals surface area (Å²) in [5.74, 6) is -1.41. The van der Waals surface area contributed by atoms with Gasteiger partial charge in [0, 0.05) is 0 Å². The van der Waals surface area contributed by atoms with Gasteiger partial charge >= 0.3 is 12.1 Å². The number of nitrogens with zero attached hydrogens (tertiary/aromatic N) is 1. The van der Waals surface area contributed by atoms with Crippen LogP contribution in [-0.2, 0) is 27.6 Å². The molecule has 0 spiro atoms. The van der Waals surface area contributed by atoms with Crippen molar-refractivity contribution in [2.45, 2.75) is 17.7 Å². The molecule has 3 aromatic rings. The largest absolute Gasteiger partial charge is 0.478 e. The van der Waals surface area contributed by atoms with Gasteiger partial charge in [0.15, 0.2) is 0 Å². The van der Waals surface area contributed by atoms with Crippen LogP contribution in [0.2, 0.25) is 5.02 Å². The van der Waals surface area contributed by atoms with Gasteiger partial charge in [-0.2, -0.15) is 21.6 Å². The van der Waals surface area contributed by atoms with Gasteiger partial charge in [-0.15, -0.1) is 4.47 Å². The minimum absolute atomic E-state index is 0.103. The molecule has 6 nitrogen and oxygen atoms in total. The molecular formula is C21H15ClF3NO5S. The number of anilines is 1. The molecular weight excluding hydrogens is 471 g/mol. The van der Waals surface area contributed by atoms with E-state index in [1.807, 2.05) is 0 Å². The molecule has 0 heterocycles. The summed E-state index contributed by atoms with van der Waals surface area (Å²) in [6.07, 6.45) is -4.50. The highest BCUT2D eigenvalue weighted by Gasteiger charge is 2.30. The molecule has 11 heteroatoms. The minimum atomic E-state index is -4.50. The van der Waals surface area contributed by atoms with E-state index in [9.17, 15) is 31.5 Å². The van der Waals surface area contributed by atoms with Crippen molar-refractivity contribution in [1.82, 2.24) is 0 Å². The van der Waals surface area contributed by atoms with Crippen molar-refractivity contribution in [2.75, 3.05) is 4.47 Å². The second kappa shape index (κ2) is 9.19. The lowest BCUT2D eigenvalue weighted by Gasteiger charge is -2.24. The second-order valence-electron chi connectivity index (χ2n) is 6.48. The van der Waals surface area contributed by atoms with Crippen LogP contribution in [0.15, 0.2) is 77.7 Å². The molecule has 0 aliphatic heterocycles. The fourth-order valence-electron chi connectivity index (χ4n) is 2.68. The standard InChI is InChI=1S/C21H15ClF3NO5S/c22-19-11-10-17(12-18(19)20(27)28)32(29,30)26(16-4-2-1-3-5-16)31-13-14-6-8-15(9-7-14)21(23,24)25/h1-12H,13H2,(H,27,28). The summed E-state index contributed by atoms with van der Waals surface area (Å²) in [4.78, 5) is 16.4. The van der Waals surface area contributed by atoms with Crippen LogP contribution >= 0.6 is 11.6 Å². The number of carboxylic acids is 1. The molecule has 0 saturated heterocycles. The van der Waals surface area contributed by atoms with E-state index < -0.39 is 38.2 Å². The van der Waals surface area contributed by atoms with E-state index >= 15 is 0 Å². The SMILES string of the molecule is O=C(O)c1cc(S(=O)(=O)N(OCc2ccc(C(F)(F)F)cc2)c2ccccc2)ccc1Cl. The average molecular weight is 486 g/mol. The van der Waals surface area contributed by atoms with Crippen LogP contribution < -0.4 is 4.47 Å². The first-order chi connectivity index (χ1) is 15.0. The Kier molecular flexibility index (Phi) is 6.77. The topological polar surface area (TPSA) is 83.9 Å². The molecule has 1 N–H and O–H groups in total. The number of para-hydroxylation sites is 1. The number of alkyl halides is 3. The fraction of sp³-hybridized carbons (Fsp3) is 0.0952. The Morgan fingerprint density at radius 3 is 2.19 bits per heavy atom. The third-order valence-corrected chi connectivity index (χ3v) is 6.21. The van der Waals surface area contributed by atoms with Gasteiger partial charge < -0.3 is 5.11 Å². The Morgan fingerprint density at radius 1 is 1.00 bits per heavy atom. The Bertz CT molecular complexity index is 1220. The summed E-state index contributed by atoms with van der Waals surface area (Å²) >= 11 is 5.82. The zero-order valence-electron chi connectivity index (χ0n) is 16.1. The molecule has 0 aliphatic carbocycles. The molecule has 0 saturated carbocycles. The van der Waals surface area contributed by atoms with Crippen LogP contribution in [0.1, 0.15) is 21.5 Å². The molecule has 0 bridgehead atoms. The summed E-state index contributed by atoms with van der Waals surface area (Å²) in [6.45, 7) is -0.369. The van der Waals surface area contributed by atoms with Crippen molar-refractivity contribution in [3.8, 4) is 0 Å². The third-order valence-electron chi connectivity index (χ3n) is 4.28. The first kappa shape index (κ1) is 23.6. The van der Waals surface area contributed by atoms with Crippen molar-refractivity contribution in [1.29, 1.82) is 0 Å². The highest BCUT2D eigenvalue weighted by Crippen LogP contribution is 2.30. The van der Waals surface area contributed by atoms with Crippen LogP contribution in [0.4, 0.5) is 18.9 Å². The Hall–Kier alpha value is -3.08. The van der Waals surface area contributed by atoms with Gasteiger partial charge in [0.25, 0.3) is 10.0 Å². The van der Waals surface area contributed by atoms with Gasteiger partial charge in [0.05, 0.1) is 26.7 Å². The van der Waals surface area contributed by atoms with Crippen LogP contribution in [0, 0.1) is 0 Å².